The van der Waals surface area contributed by atoms with Gasteiger partial charge in [-0.15, -0.1) is 0 Å². The SMILES string of the molecule is COc1ccc2c(n1)C(CCCCN1CCN(C(=O)O)CC1)(c1ccccc1F)C(=O)N2. The van der Waals surface area contributed by atoms with E-state index in [4.69, 9.17) is 9.84 Å². The minimum atomic E-state index is -1.22. The van der Waals surface area contributed by atoms with Crippen LogP contribution in [0.5, 0.6) is 5.88 Å². The molecule has 2 N–H and O–H groups in total. The van der Waals surface area contributed by atoms with Gasteiger partial charge in [0.1, 0.15) is 11.2 Å². The molecule has 1 saturated heterocycles. The summed E-state index contributed by atoms with van der Waals surface area (Å²) in [4.78, 5) is 32.5. The highest BCUT2D eigenvalue weighted by Gasteiger charge is 2.50. The van der Waals surface area contributed by atoms with Crippen molar-refractivity contribution in [2.45, 2.75) is 24.7 Å². The summed E-state index contributed by atoms with van der Waals surface area (Å²) in [6.07, 6.45) is 1.00. The fourth-order valence-electron chi connectivity index (χ4n) is 4.63. The zero-order valence-corrected chi connectivity index (χ0v) is 18.0. The predicted molar refractivity (Wildman–Crippen MR) is 116 cm³/mol. The number of carboxylic acid groups (broad SMARTS) is 1. The molecule has 1 atom stereocenters. The number of ether oxygens (including phenoxy) is 1. The zero-order chi connectivity index (χ0) is 22.7. The Hall–Kier alpha value is -3.20. The Morgan fingerprint density at radius 2 is 1.94 bits per heavy atom. The van der Waals surface area contributed by atoms with E-state index in [0.717, 1.165) is 13.0 Å². The van der Waals surface area contributed by atoms with E-state index in [0.29, 0.717) is 61.8 Å². The van der Waals surface area contributed by atoms with Crippen LogP contribution in [0, 0.1) is 5.82 Å². The van der Waals surface area contributed by atoms with Crippen LogP contribution in [0.2, 0.25) is 0 Å². The molecule has 2 aliphatic heterocycles. The van der Waals surface area contributed by atoms with E-state index >= 15 is 0 Å². The van der Waals surface area contributed by atoms with Crippen molar-refractivity contribution < 1.29 is 23.8 Å². The molecule has 32 heavy (non-hydrogen) atoms. The first-order valence-corrected chi connectivity index (χ1v) is 10.8. The van der Waals surface area contributed by atoms with E-state index < -0.39 is 17.3 Å². The summed E-state index contributed by atoms with van der Waals surface area (Å²) >= 11 is 0. The molecule has 1 aromatic carbocycles. The van der Waals surface area contributed by atoms with Crippen LogP contribution >= 0.6 is 0 Å². The van der Waals surface area contributed by atoms with E-state index in [9.17, 15) is 14.0 Å². The van der Waals surface area contributed by atoms with Crippen molar-refractivity contribution in [2.75, 3.05) is 45.2 Å². The molecule has 3 heterocycles. The Balaban J connectivity index is 1.52. The number of hydrogen-bond acceptors (Lipinski definition) is 5. The number of hydrogen-bond donors (Lipinski definition) is 2. The number of aromatic nitrogens is 1. The van der Waals surface area contributed by atoms with Crippen LogP contribution in [-0.4, -0.2) is 71.7 Å². The highest BCUT2D eigenvalue weighted by Crippen LogP contribution is 2.46. The quantitative estimate of drug-likeness (QED) is 0.641. The maximum Gasteiger partial charge on any atom is 0.407 e. The van der Waals surface area contributed by atoms with E-state index in [1.165, 1.54) is 18.1 Å². The molecule has 1 fully saturated rings. The van der Waals surface area contributed by atoms with Crippen LogP contribution in [0.15, 0.2) is 36.4 Å². The smallest absolute Gasteiger partial charge is 0.407 e. The molecule has 0 aliphatic carbocycles. The molecule has 1 unspecified atom stereocenters. The fourth-order valence-corrected chi connectivity index (χ4v) is 4.63. The summed E-state index contributed by atoms with van der Waals surface area (Å²) in [5.41, 5.74) is 0.148. The summed E-state index contributed by atoms with van der Waals surface area (Å²) in [5.74, 6) is -0.351. The average molecular weight is 442 g/mol. The second kappa shape index (κ2) is 9.12. The topological polar surface area (TPSA) is 95.0 Å². The highest BCUT2D eigenvalue weighted by atomic mass is 19.1. The summed E-state index contributed by atoms with van der Waals surface area (Å²) in [5, 5.41) is 12.0. The van der Waals surface area contributed by atoms with Gasteiger partial charge in [0.2, 0.25) is 11.8 Å². The lowest BCUT2D eigenvalue weighted by Crippen LogP contribution is -2.48. The Bertz CT molecular complexity index is 1010. The number of pyridine rings is 1. The summed E-state index contributed by atoms with van der Waals surface area (Å²) in [7, 11) is 1.51. The summed E-state index contributed by atoms with van der Waals surface area (Å²) < 4.78 is 20.2. The lowest BCUT2D eigenvalue weighted by Gasteiger charge is -2.33. The summed E-state index contributed by atoms with van der Waals surface area (Å²) in [6, 6.07) is 9.77. The van der Waals surface area contributed by atoms with Gasteiger partial charge in [0.05, 0.1) is 18.5 Å². The van der Waals surface area contributed by atoms with Crippen LogP contribution in [0.1, 0.15) is 30.5 Å². The number of unbranched alkanes of at least 4 members (excludes halogenated alkanes) is 1. The third-order valence-corrected chi connectivity index (χ3v) is 6.37. The van der Waals surface area contributed by atoms with Gasteiger partial charge in [-0.3, -0.25) is 9.69 Å². The monoisotopic (exact) mass is 442 g/mol. The van der Waals surface area contributed by atoms with E-state index in [1.807, 2.05) is 0 Å². The van der Waals surface area contributed by atoms with Crippen molar-refractivity contribution in [3.8, 4) is 5.88 Å². The number of amides is 2. The Kier molecular flexibility index (Phi) is 6.27. The van der Waals surface area contributed by atoms with Crippen molar-refractivity contribution in [1.29, 1.82) is 0 Å². The van der Waals surface area contributed by atoms with Gasteiger partial charge in [-0.1, -0.05) is 24.6 Å². The number of methoxy groups -OCH3 is 1. The number of benzene rings is 1. The first kappa shape index (κ1) is 22.0. The number of rotatable bonds is 7. The first-order chi connectivity index (χ1) is 15.5. The molecule has 0 radical (unpaired) electrons. The average Bonchev–Trinajstić information content (AvgIpc) is 3.08. The molecule has 8 nitrogen and oxygen atoms in total. The lowest BCUT2D eigenvalue weighted by molar-refractivity contribution is -0.120. The van der Waals surface area contributed by atoms with Crippen LogP contribution in [0.3, 0.4) is 0 Å². The van der Waals surface area contributed by atoms with Crippen LogP contribution in [0.25, 0.3) is 0 Å². The first-order valence-electron chi connectivity index (χ1n) is 10.8. The normalized spacial score (nSPS) is 20.7. The van der Waals surface area contributed by atoms with E-state index in [2.05, 4.69) is 15.2 Å². The van der Waals surface area contributed by atoms with Gasteiger partial charge in [-0.2, -0.15) is 0 Å². The van der Waals surface area contributed by atoms with Gasteiger partial charge in [0, 0.05) is 37.8 Å². The van der Waals surface area contributed by atoms with Crippen LogP contribution in [-0.2, 0) is 10.2 Å². The number of fused-ring (bicyclic) bond motifs is 1. The van der Waals surface area contributed by atoms with Crippen molar-refractivity contribution in [1.82, 2.24) is 14.8 Å². The number of anilines is 1. The maximum absolute atomic E-state index is 14.9. The lowest BCUT2D eigenvalue weighted by atomic mass is 9.74. The number of nitrogens with zero attached hydrogens (tertiary/aromatic N) is 3. The minimum Gasteiger partial charge on any atom is -0.481 e. The van der Waals surface area contributed by atoms with Gasteiger partial charge in [-0.05, 0) is 31.5 Å². The molecule has 2 aromatic rings. The second-order valence-corrected chi connectivity index (χ2v) is 8.16. The van der Waals surface area contributed by atoms with Gasteiger partial charge < -0.3 is 20.1 Å². The van der Waals surface area contributed by atoms with Crippen molar-refractivity contribution in [2.24, 2.45) is 0 Å². The van der Waals surface area contributed by atoms with Crippen LogP contribution < -0.4 is 10.1 Å². The van der Waals surface area contributed by atoms with E-state index in [1.54, 1.807) is 30.3 Å². The van der Waals surface area contributed by atoms with Crippen molar-refractivity contribution >= 4 is 17.7 Å². The molecule has 0 spiro atoms. The predicted octanol–water partition coefficient (Wildman–Crippen LogP) is 2.93. The third-order valence-electron chi connectivity index (χ3n) is 6.37. The Labute approximate surface area is 186 Å². The number of halogens is 1. The molecule has 2 amide bonds. The number of carbonyl (C=O) groups is 2. The molecular formula is C23H27FN4O4. The second-order valence-electron chi connectivity index (χ2n) is 8.16. The minimum absolute atomic E-state index is 0.284. The van der Waals surface area contributed by atoms with Crippen molar-refractivity contribution in [3.05, 3.63) is 53.5 Å². The van der Waals surface area contributed by atoms with Gasteiger partial charge in [0.15, 0.2) is 0 Å². The molecule has 4 rings (SSSR count). The van der Waals surface area contributed by atoms with Crippen LogP contribution in [0.4, 0.5) is 14.9 Å². The molecule has 2 aliphatic rings. The van der Waals surface area contributed by atoms with Gasteiger partial charge in [0.25, 0.3) is 0 Å². The van der Waals surface area contributed by atoms with Crippen molar-refractivity contribution in [3.63, 3.8) is 0 Å². The largest absolute Gasteiger partial charge is 0.481 e. The van der Waals surface area contributed by atoms with E-state index in [-0.39, 0.29) is 5.91 Å². The third kappa shape index (κ3) is 4.00. The Morgan fingerprint density at radius 3 is 2.62 bits per heavy atom. The van der Waals surface area contributed by atoms with Gasteiger partial charge in [-0.25, -0.2) is 14.2 Å². The Morgan fingerprint density at radius 1 is 1.19 bits per heavy atom. The number of carbonyl (C=O) groups excluding carboxylic acids is 1. The maximum atomic E-state index is 14.9. The number of nitrogens with one attached hydrogen (secondary N) is 1. The highest BCUT2D eigenvalue weighted by molar-refractivity contribution is 6.08. The standard InChI is InChI=1S/C23H27FN4O4/c1-32-19-9-8-18-20(26-19)23(21(29)25-18,16-6-2-3-7-17(16)24)10-4-5-11-27-12-14-28(15-13-27)22(30)31/h2-3,6-9H,4-5,10-15H2,1H3,(H,25,29)(H,30,31). The van der Waals surface area contributed by atoms with Gasteiger partial charge >= 0.3 is 6.09 Å². The zero-order valence-electron chi connectivity index (χ0n) is 18.0. The molecule has 0 bridgehead atoms. The number of piperazine rings is 1. The fraction of sp³-hybridized carbons (Fsp3) is 0.435. The summed E-state index contributed by atoms with van der Waals surface area (Å²) in [6.45, 7) is 3.16. The molecule has 0 saturated carbocycles. The molecular weight excluding hydrogens is 415 g/mol. The molecule has 170 valence electrons. The molecule has 9 heteroatoms. The molecule has 1 aromatic heterocycles.